The van der Waals surface area contributed by atoms with Gasteiger partial charge in [0.1, 0.15) is 17.3 Å². The van der Waals surface area contributed by atoms with Gasteiger partial charge in [-0.15, -0.1) is 5.11 Å². The Kier molecular flexibility index (Phi) is 7.78. The van der Waals surface area contributed by atoms with Gasteiger partial charge in [0, 0.05) is 36.4 Å². The lowest BCUT2D eigenvalue weighted by molar-refractivity contribution is 0.0132. The summed E-state index contributed by atoms with van der Waals surface area (Å²) in [6, 6.07) is 3.23. The fourth-order valence-corrected chi connectivity index (χ4v) is 3.86. The number of likely N-dealkylation sites (tertiary alicyclic amines) is 1. The Hall–Kier alpha value is -1.54. The van der Waals surface area contributed by atoms with Crippen molar-refractivity contribution in [2.75, 3.05) is 13.1 Å². The Morgan fingerprint density at radius 1 is 1.11 bits per heavy atom. The summed E-state index contributed by atoms with van der Waals surface area (Å²) >= 11 is 5.76. The summed E-state index contributed by atoms with van der Waals surface area (Å²) < 4.78 is 29.7. The van der Waals surface area contributed by atoms with Crippen LogP contribution in [-0.2, 0) is 10.5 Å². The molecule has 1 unspecified atom stereocenters. The number of carbonyl (C=O) groups is 1. The van der Waals surface area contributed by atoms with Gasteiger partial charge in [-0.05, 0) is 35.5 Å². The van der Waals surface area contributed by atoms with E-state index in [0.717, 1.165) is 17.0 Å². The minimum atomic E-state index is -2.53. The van der Waals surface area contributed by atoms with E-state index in [1.54, 1.807) is 0 Å². The van der Waals surface area contributed by atoms with Gasteiger partial charge in [-0.25, -0.2) is 18.7 Å². The maximum Gasteiger partial charge on any atom is 0.252 e. The van der Waals surface area contributed by atoms with Gasteiger partial charge in [-0.1, -0.05) is 16.8 Å². The molecule has 1 amide bonds. The topological polar surface area (TPSA) is 58.1 Å². The van der Waals surface area contributed by atoms with E-state index >= 15 is 4.39 Å². The van der Waals surface area contributed by atoms with Crippen LogP contribution in [0, 0.1) is 5.82 Å². The number of hydrogen-bond acceptors (Lipinski definition) is 4. The molecule has 162 valence electrons. The molecule has 2 heterocycles. The van der Waals surface area contributed by atoms with Crippen LogP contribution in [0.3, 0.4) is 0 Å². The van der Waals surface area contributed by atoms with Crippen LogP contribution in [0.4, 0.5) is 8.78 Å². The fourth-order valence-electron chi connectivity index (χ4n) is 3.68. The Morgan fingerprint density at radius 2 is 1.69 bits per heavy atom. The van der Waals surface area contributed by atoms with Gasteiger partial charge in [-0.3, -0.25) is 4.79 Å². The molecular formula is C19H12B9ClF2N4O. The van der Waals surface area contributed by atoms with Crippen molar-refractivity contribution in [2.24, 2.45) is 0 Å². The van der Waals surface area contributed by atoms with Crippen molar-refractivity contribution < 1.29 is 13.6 Å². The number of piperidine rings is 1. The second kappa shape index (κ2) is 9.65. The molecule has 1 N–H and O–H groups in total. The predicted octanol–water partition coefficient (Wildman–Crippen LogP) is -1.38. The lowest BCUT2D eigenvalue weighted by atomic mass is 9.27. The van der Waals surface area contributed by atoms with Crippen molar-refractivity contribution >= 4 is 88.1 Å². The molecule has 0 saturated carbocycles. The predicted molar refractivity (Wildman–Crippen MR) is 142 cm³/mol. The second-order valence-electron chi connectivity index (χ2n) is 8.95. The van der Waals surface area contributed by atoms with Crippen LogP contribution in [-0.4, -0.2) is 115 Å². The molecule has 1 aliphatic heterocycles. The van der Waals surface area contributed by atoms with Crippen LogP contribution in [0.2, 0.25) is 10.2 Å². The van der Waals surface area contributed by atoms with Gasteiger partial charge in [0.25, 0.3) is 5.91 Å². The lowest BCUT2D eigenvalue weighted by Crippen LogP contribution is -2.73. The van der Waals surface area contributed by atoms with Gasteiger partial charge in [-0.2, -0.15) is 0 Å². The zero-order valence-electron chi connectivity index (χ0n) is 19.1. The molecule has 2 aromatic rings. The number of benzene rings is 1. The van der Waals surface area contributed by atoms with E-state index in [0.29, 0.717) is 0 Å². The van der Waals surface area contributed by atoms with Crippen molar-refractivity contribution in [2.45, 2.75) is 33.1 Å². The zero-order valence-corrected chi connectivity index (χ0v) is 19.8. The molecule has 1 atom stereocenters. The highest BCUT2D eigenvalue weighted by atomic mass is 35.5. The smallest absolute Gasteiger partial charge is 0.252 e. The normalized spacial score (nSPS) is 21.7. The van der Waals surface area contributed by atoms with Crippen LogP contribution in [0.15, 0.2) is 30.6 Å². The van der Waals surface area contributed by atoms with Gasteiger partial charge >= 0.3 is 0 Å². The Bertz CT molecular complexity index is 1150. The van der Waals surface area contributed by atoms with Crippen molar-refractivity contribution in [3.8, 4) is 0 Å². The summed E-state index contributed by atoms with van der Waals surface area (Å²) in [6.45, 7) is -0.971. The fraction of sp³-hybridized carbons (Fsp3) is 0.421. The summed E-state index contributed by atoms with van der Waals surface area (Å²) in [6.07, 6.45) is 1.99. The molecule has 5 nitrogen and oxygen atoms in total. The first-order valence-electron chi connectivity index (χ1n) is 10.5. The number of nitrogens with one attached hydrogen (secondary N) is 1. The van der Waals surface area contributed by atoms with Crippen molar-refractivity contribution in [3.63, 3.8) is 0 Å². The monoisotopic (exact) mass is 484 g/mol. The molecule has 1 aliphatic rings. The van der Waals surface area contributed by atoms with E-state index in [9.17, 15) is 9.18 Å². The molecule has 0 aliphatic carbocycles. The van der Waals surface area contributed by atoms with Gasteiger partial charge in [0.15, 0.2) is 0 Å². The molecule has 3 rings (SSSR count). The first-order valence-corrected chi connectivity index (χ1v) is 10.9. The third-order valence-electron chi connectivity index (χ3n) is 6.18. The number of halogens is 3. The van der Waals surface area contributed by atoms with E-state index in [-0.39, 0.29) is 28.5 Å². The third kappa shape index (κ3) is 5.22. The van der Waals surface area contributed by atoms with E-state index in [4.69, 9.17) is 82.2 Å². The first kappa shape index (κ1) is 29.0. The molecule has 1 aromatic carbocycles. The van der Waals surface area contributed by atoms with E-state index in [2.05, 4.69) is 15.3 Å². The minimum absolute atomic E-state index is 0.0538. The zero-order chi connectivity index (χ0) is 27.3. The van der Waals surface area contributed by atoms with Crippen molar-refractivity contribution in [1.29, 1.82) is 0 Å². The molecule has 0 spiro atoms. The summed E-state index contributed by atoms with van der Waals surface area (Å²) in [4.78, 5) is 21.8. The number of rotatable bonds is 6. The summed E-state index contributed by atoms with van der Waals surface area (Å²) in [5, 5.41) is -6.35. The highest BCUT2D eigenvalue weighted by molar-refractivity contribution is 6.59. The largest absolute Gasteiger partial charge is 0.351 e. The highest BCUT2D eigenvalue weighted by Gasteiger charge is 2.58. The van der Waals surface area contributed by atoms with Crippen LogP contribution < -0.4 is 5.32 Å². The molecule has 1 fully saturated rings. The number of amides is 1. The second-order valence-corrected chi connectivity index (χ2v) is 9.35. The Morgan fingerprint density at radius 3 is 2.22 bits per heavy atom. The number of hydrogen-bond donors (Lipinski definition) is 1. The maximum atomic E-state index is 16.2. The molecular weight excluding hydrogens is 471 g/mol. The molecule has 18 radical (unpaired) electrons. The molecule has 1 saturated heterocycles. The summed E-state index contributed by atoms with van der Waals surface area (Å²) in [5.74, 6) is -1.68. The SMILES string of the molecule is [B]C([B])([B])c1cnc(C([B])([B])NCC2(F)CCN(C(=O)c3ccc(F)c(Cl)c3)C([B])([B])C2([B])[B])nc1. The van der Waals surface area contributed by atoms with Crippen molar-refractivity contribution in [3.05, 3.63) is 58.4 Å². The van der Waals surface area contributed by atoms with Gasteiger partial charge < -0.3 is 10.2 Å². The highest BCUT2D eigenvalue weighted by Crippen LogP contribution is 2.51. The minimum Gasteiger partial charge on any atom is -0.351 e. The number of alkyl halides is 1. The summed E-state index contributed by atoms with van der Waals surface area (Å²) in [5.41, 5.74) is -2.40. The third-order valence-corrected chi connectivity index (χ3v) is 6.47. The van der Waals surface area contributed by atoms with Gasteiger partial charge in [0.05, 0.1) is 75.6 Å². The molecule has 1 aromatic heterocycles. The van der Waals surface area contributed by atoms with E-state index in [1.165, 1.54) is 18.5 Å². The quantitative estimate of drug-likeness (QED) is 0.516. The molecule has 0 bridgehead atoms. The van der Waals surface area contributed by atoms with Crippen LogP contribution in [0.1, 0.15) is 28.2 Å². The average molecular weight is 483 g/mol. The number of nitrogens with zero attached hydrogens (tertiary/aromatic N) is 3. The standard InChI is InChI=1S/C19H12B9ClF2N4O/c20-16(21,22)10-6-32-14(33-7-10)17(23,24)34-8-15(31)3-4-35(19(27,28)18(15,25)26)13(36)9-1-2-12(30)11(29)5-9/h1-2,5-7,34H,3-4,8H2. The molecule has 36 heavy (non-hydrogen) atoms. The maximum absolute atomic E-state index is 16.2. The number of carbonyl (C=O) groups excluding carboxylic acids is 1. The number of aromatic nitrogens is 2. The van der Waals surface area contributed by atoms with E-state index < -0.39 is 51.4 Å². The van der Waals surface area contributed by atoms with Crippen LogP contribution >= 0.6 is 11.6 Å². The Balaban J connectivity index is 1.81. The average Bonchev–Trinajstić information content (AvgIpc) is 2.78. The van der Waals surface area contributed by atoms with Gasteiger partial charge in [0.2, 0.25) is 0 Å². The van der Waals surface area contributed by atoms with Crippen LogP contribution in [0.5, 0.6) is 0 Å². The molecule has 17 heteroatoms. The van der Waals surface area contributed by atoms with Crippen molar-refractivity contribution in [1.82, 2.24) is 20.2 Å². The van der Waals surface area contributed by atoms with E-state index in [1.807, 2.05) is 0 Å². The van der Waals surface area contributed by atoms with Crippen LogP contribution in [0.25, 0.3) is 0 Å². The first-order chi connectivity index (χ1) is 16.3. The Labute approximate surface area is 226 Å². The summed E-state index contributed by atoms with van der Waals surface area (Å²) in [7, 11) is 53.3. The lowest BCUT2D eigenvalue weighted by Gasteiger charge is -2.62.